The number of nitrogens with zero attached hydrogens (tertiary/aromatic N) is 1. The molecule has 1 N–H and O–H groups in total. The molecule has 1 unspecified atom stereocenters. The van der Waals surface area contributed by atoms with Crippen molar-refractivity contribution >= 4 is 17.5 Å². The maximum absolute atomic E-state index is 13.8. The Labute approximate surface area is 216 Å². The summed E-state index contributed by atoms with van der Waals surface area (Å²) in [6.45, 7) is 12.7. The molecule has 0 heterocycles. The van der Waals surface area contributed by atoms with Gasteiger partial charge < -0.3 is 10.2 Å². The van der Waals surface area contributed by atoms with Gasteiger partial charge in [0.2, 0.25) is 5.91 Å². The van der Waals surface area contributed by atoms with E-state index in [1.807, 2.05) is 48.5 Å². The Bertz CT molecular complexity index is 1160. The molecule has 0 bridgehead atoms. The number of aryl methyl sites for hydroxylation is 3. The van der Waals surface area contributed by atoms with Crippen LogP contribution in [0.1, 0.15) is 84.8 Å². The van der Waals surface area contributed by atoms with Crippen molar-refractivity contribution in [3.63, 3.8) is 0 Å². The fourth-order valence-corrected chi connectivity index (χ4v) is 4.78. The molecule has 36 heavy (non-hydrogen) atoms. The van der Waals surface area contributed by atoms with Gasteiger partial charge in [0.05, 0.1) is 12.6 Å². The summed E-state index contributed by atoms with van der Waals surface area (Å²) in [5.41, 5.74) is 6.96. The van der Waals surface area contributed by atoms with Gasteiger partial charge in [-0.3, -0.25) is 9.59 Å². The van der Waals surface area contributed by atoms with Crippen molar-refractivity contribution in [1.82, 2.24) is 5.32 Å². The van der Waals surface area contributed by atoms with Gasteiger partial charge in [-0.15, -0.1) is 0 Å². The van der Waals surface area contributed by atoms with Crippen LogP contribution in [0.3, 0.4) is 0 Å². The standard InChI is InChI=1S/C32H40N2O2/c1-7-11-27-14-15-29(34(25(6)35)21-26-12-9-8-10-13-26)20-30(27)32(36)33-31(16-22(2)3)28-18-23(4)17-24(5)19-28/h8-10,12-15,17-20,22,31H,7,11,16,21H2,1-6H3,(H,33,36). The summed E-state index contributed by atoms with van der Waals surface area (Å²) >= 11 is 0. The summed E-state index contributed by atoms with van der Waals surface area (Å²) in [4.78, 5) is 28.1. The Morgan fingerprint density at radius 3 is 2.17 bits per heavy atom. The van der Waals surface area contributed by atoms with Gasteiger partial charge in [-0.05, 0) is 61.4 Å². The fraction of sp³-hybridized carbons (Fsp3) is 0.375. The van der Waals surface area contributed by atoms with E-state index in [4.69, 9.17) is 0 Å². The Balaban J connectivity index is 1.97. The van der Waals surface area contributed by atoms with E-state index in [0.29, 0.717) is 18.0 Å². The molecule has 0 spiro atoms. The first-order valence-corrected chi connectivity index (χ1v) is 13.0. The summed E-state index contributed by atoms with van der Waals surface area (Å²) < 4.78 is 0. The minimum absolute atomic E-state index is 0.0543. The molecule has 3 aromatic rings. The molecule has 4 nitrogen and oxygen atoms in total. The van der Waals surface area contributed by atoms with Gasteiger partial charge in [-0.2, -0.15) is 0 Å². The van der Waals surface area contributed by atoms with E-state index >= 15 is 0 Å². The largest absolute Gasteiger partial charge is 0.345 e. The lowest BCUT2D eigenvalue weighted by Gasteiger charge is -2.25. The minimum atomic E-state index is -0.0895. The Kier molecular flexibility index (Phi) is 9.46. The third kappa shape index (κ3) is 7.30. The number of carbonyl (C=O) groups excluding carboxylic acids is 2. The lowest BCUT2D eigenvalue weighted by atomic mass is 9.93. The van der Waals surface area contributed by atoms with Crippen LogP contribution in [0, 0.1) is 19.8 Å². The molecule has 0 aliphatic carbocycles. The van der Waals surface area contributed by atoms with Crippen molar-refractivity contribution in [3.05, 3.63) is 100 Å². The third-order valence-electron chi connectivity index (χ3n) is 6.39. The van der Waals surface area contributed by atoms with Crippen LogP contribution in [0.4, 0.5) is 5.69 Å². The van der Waals surface area contributed by atoms with Crippen molar-refractivity contribution in [3.8, 4) is 0 Å². The molecule has 0 aliphatic heterocycles. The van der Waals surface area contributed by atoms with E-state index in [1.54, 1.807) is 11.8 Å². The molecule has 0 aliphatic rings. The molecule has 0 aromatic heterocycles. The number of carbonyl (C=O) groups is 2. The van der Waals surface area contributed by atoms with Crippen LogP contribution in [0.5, 0.6) is 0 Å². The monoisotopic (exact) mass is 484 g/mol. The number of anilines is 1. The van der Waals surface area contributed by atoms with Gasteiger partial charge in [-0.25, -0.2) is 0 Å². The first-order valence-electron chi connectivity index (χ1n) is 13.0. The molecule has 1 atom stereocenters. The predicted molar refractivity (Wildman–Crippen MR) is 149 cm³/mol. The summed E-state index contributed by atoms with van der Waals surface area (Å²) in [5.74, 6) is 0.284. The number of benzene rings is 3. The van der Waals surface area contributed by atoms with Crippen LogP contribution in [-0.4, -0.2) is 11.8 Å². The molecule has 2 amide bonds. The highest BCUT2D eigenvalue weighted by atomic mass is 16.2. The second kappa shape index (κ2) is 12.5. The molecular weight excluding hydrogens is 444 g/mol. The van der Waals surface area contributed by atoms with E-state index in [2.05, 4.69) is 58.1 Å². The number of rotatable bonds is 10. The average Bonchev–Trinajstić information content (AvgIpc) is 2.82. The second-order valence-electron chi connectivity index (χ2n) is 10.3. The lowest BCUT2D eigenvalue weighted by molar-refractivity contribution is -0.116. The number of nitrogens with one attached hydrogen (secondary N) is 1. The summed E-state index contributed by atoms with van der Waals surface area (Å²) in [6.07, 6.45) is 2.60. The van der Waals surface area contributed by atoms with Crippen molar-refractivity contribution < 1.29 is 9.59 Å². The molecule has 0 saturated heterocycles. The zero-order valence-corrected chi connectivity index (χ0v) is 22.6. The summed E-state index contributed by atoms with van der Waals surface area (Å²) in [7, 11) is 0. The Morgan fingerprint density at radius 2 is 1.58 bits per heavy atom. The highest BCUT2D eigenvalue weighted by Gasteiger charge is 2.22. The third-order valence-corrected chi connectivity index (χ3v) is 6.39. The van der Waals surface area contributed by atoms with Crippen LogP contribution in [-0.2, 0) is 17.8 Å². The van der Waals surface area contributed by atoms with Gasteiger partial charge in [0, 0.05) is 18.2 Å². The molecule has 4 heteroatoms. The van der Waals surface area contributed by atoms with Gasteiger partial charge in [0.15, 0.2) is 0 Å². The van der Waals surface area contributed by atoms with E-state index in [-0.39, 0.29) is 17.9 Å². The normalized spacial score (nSPS) is 11.9. The number of hydrogen-bond acceptors (Lipinski definition) is 2. The van der Waals surface area contributed by atoms with Gasteiger partial charge >= 0.3 is 0 Å². The van der Waals surface area contributed by atoms with Crippen molar-refractivity contribution in [1.29, 1.82) is 0 Å². The second-order valence-corrected chi connectivity index (χ2v) is 10.3. The molecule has 3 rings (SSSR count). The quantitative estimate of drug-likeness (QED) is 0.328. The maximum Gasteiger partial charge on any atom is 0.252 e. The van der Waals surface area contributed by atoms with Crippen LogP contribution < -0.4 is 10.2 Å². The first kappa shape index (κ1) is 27.2. The van der Waals surface area contributed by atoms with E-state index in [9.17, 15) is 9.59 Å². The van der Waals surface area contributed by atoms with Crippen molar-refractivity contribution in [2.75, 3.05) is 4.90 Å². The zero-order chi connectivity index (χ0) is 26.2. The van der Waals surface area contributed by atoms with Gasteiger partial charge in [0.1, 0.15) is 0 Å². The van der Waals surface area contributed by atoms with Crippen molar-refractivity contribution in [2.45, 2.75) is 73.4 Å². The van der Waals surface area contributed by atoms with Gasteiger partial charge in [-0.1, -0.05) is 92.9 Å². The van der Waals surface area contributed by atoms with Crippen LogP contribution in [0.2, 0.25) is 0 Å². The van der Waals surface area contributed by atoms with Crippen LogP contribution in [0.15, 0.2) is 66.7 Å². The topological polar surface area (TPSA) is 49.4 Å². The lowest BCUT2D eigenvalue weighted by Crippen LogP contribution is -2.31. The molecule has 0 fully saturated rings. The molecule has 0 radical (unpaired) electrons. The fourth-order valence-electron chi connectivity index (χ4n) is 4.78. The highest BCUT2D eigenvalue weighted by molar-refractivity contribution is 5.99. The van der Waals surface area contributed by atoms with Crippen LogP contribution >= 0.6 is 0 Å². The van der Waals surface area contributed by atoms with Crippen LogP contribution in [0.25, 0.3) is 0 Å². The molecule has 0 saturated carbocycles. The predicted octanol–water partition coefficient (Wildman–Crippen LogP) is 7.33. The van der Waals surface area contributed by atoms with E-state index in [1.165, 1.54) is 11.1 Å². The van der Waals surface area contributed by atoms with Gasteiger partial charge in [0.25, 0.3) is 5.91 Å². The average molecular weight is 485 g/mol. The minimum Gasteiger partial charge on any atom is -0.345 e. The Hall–Kier alpha value is -3.40. The van der Waals surface area contributed by atoms with Crippen molar-refractivity contribution in [2.24, 2.45) is 5.92 Å². The Morgan fingerprint density at radius 1 is 0.917 bits per heavy atom. The smallest absolute Gasteiger partial charge is 0.252 e. The molecule has 3 aromatic carbocycles. The summed E-state index contributed by atoms with van der Waals surface area (Å²) in [6, 6.07) is 22.2. The zero-order valence-electron chi connectivity index (χ0n) is 22.6. The first-order chi connectivity index (χ1) is 17.2. The molecular formula is C32H40N2O2. The maximum atomic E-state index is 13.8. The SMILES string of the molecule is CCCc1ccc(N(Cc2ccccc2)C(C)=O)cc1C(=O)NC(CC(C)C)c1cc(C)cc(C)c1. The number of hydrogen-bond donors (Lipinski definition) is 1. The number of amides is 2. The summed E-state index contributed by atoms with van der Waals surface area (Å²) in [5, 5.41) is 3.34. The van der Waals surface area contributed by atoms with E-state index in [0.717, 1.165) is 41.6 Å². The van der Waals surface area contributed by atoms with E-state index < -0.39 is 0 Å². The molecule has 190 valence electrons. The highest BCUT2D eigenvalue weighted by Crippen LogP contribution is 2.27.